The van der Waals surface area contributed by atoms with Gasteiger partial charge in [-0.05, 0) is 49.6 Å². The lowest BCUT2D eigenvalue weighted by Gasteiger charge is -2.16. The van der Waals surface area contributed by atoms with Crippen LogP contribution in [0.5, 0.6) is 5.75 Å². The van der Waals surface area contributed by atoms with Crippen LogP contribution in [0.2, 0.25) is 0 Å². The zero-order valence-electron chi connectivity index (χ0n) is 14.9. The summed E-state index contributed by atoms with van der Waals surface area (Å²) in [5, 5.41) is 0. The van der Waals surface area contributed by atoms with Crippen molar-refractivity contribution in [3.05, 3.63) is 64.7 Å². The summed E-state index contributed by atoms with van der Waals surface area (Å²) in [6, 6.07) is 13.7. The normalized spacial score (nSPS) is 17.0. The molecular weight excluding hydrogens is 314 g/mol. The highest BCUT2D eigenvalue weighted by Crippen LogP contribution is 2.24. The second kappa shape index (κ2) is 7.09. The van der Waals surface area contributed by atoms with E-state index in [0.29, 0.717) is 18.8 Å². The average Bonchev–Trinajstić information content (AvgIpc) is 2.94. The van der Waals surface area contributed by atoms with Crippen LogP contribution in [0, 0.1) is 26.7 Å². The zero-order valence-corrected chi connectivity index (χ0v) is 14.9. The molecule has 0 unspecified atom stereocenters. The maximum Gasteiger partial charge on any atom is 0.316 e. The molecule has 0 aromatic heterocycles. The quantitative estimate of drug-likeness (QED) is 0.633. The first-order valence-corrected chi connectivity index (χ1v) is 8.54. The van der Waals surface area contributed by atoms with Gasteiger partial charge < -0.3 is 9.64 Å². The lowest BCUT2D eigenvalue weighted by molar-refractivity contribution is -0.139. The van der Waals surface area contributed by atoms with Crippen molar-refractivity contribution in [2.75, 3.05) is 6.54 Å². The molecule has 3 rings (SSSR count). The Morgan fingerprint density at radius 3 is 2.48 bits per heavy atom. The van der Waals surface area contributed by atoms with Crippen LogP contribution in [0.4, 0.5) is 0 Å². The summed E-state index contributed by atoms with van der Waals surface area (Å²) >= 11 is 0. The summed E-state index contributed by atoms with van der Waals surface area (Å²) < 4.78 is 5.48. The van der Waals surface area contributed by atoms with Crippen LogP contribution in [0.3, 0.4) is 0 Å². The molecule has 2 aromatic rings. The molecule has 0 radical (unpaired) electrons. The van der Waals surface area contributed by atoms with Crippen LogP contribution in [-0.4, -0.2) is 23.3 Å². The van der Waals surface area contributed by atoms with Crippen LogP contribution in [-0.2, 0) is 16.1 Å². The highest BCUT2D eigenvalue weighted by atomic mass is 16.5. The number of benzene rings is 2. The van der Waals surface area contributed by atoms with Crippen molar-refractivity contribution in [2.45, 2.75) is 33.7 Å². The number of ether oxygens (including phenoxy) is 1. The number of likely N-dealkylation sites (tertiary alicyclic amines) is 1. The minimum absolute atomic E-state index is 0.00242. The van der Waals surface area contributed by atoms with Gasteiger partial charge in [0.05, 0.1) is 5.92 Å². The van der Waals surface area contributed by atoms with Crippen molar-refractivity contribution in [2.24, 2.45) is 5.92 Å². The van der Waals surface area contributed by atoms with Crippen LogP contribution in [0.1, 0.15) is 28.7 Å². The summed E-state index contributed by atoms with van der Waals surface area (Å²) in [5.41, 5.74) is 4.49. The molecule has 2 aromatic carbocycles. The Bertz CT molecular complexity index is 795. The first kappa shape index (κ1) is 17.2. The van der Waals surface area contributed by atoms with E-state index in [1.165, 1.54) is 5.56 Å². The third-order valence-electron chi connectivity index (χ3n) is 4.74. The lowest BCUT2D eigenvalue weighted by Crippen LogP contribution is -2.27. The van der Waals surface area contributed by atoms with Crippen LogP contribution < -0.4 is 4.74 Å². The minimum atomic E-state index is -0.403. The van der Waals surface area contributed by atoms with Gasteiger partial charge in [0.2, 0.25) is 5.91 Å². The number of rotatable bonds is 4. The number of carbonyl (C=O) groups is 2. The van der Waals surface area contributed by atoms with Gasteiger partial charge in [-0.15, -0.1) is 0 Å². The van der Waals surface area contributed by atoms with Gasteiger partial charge in [-0.2, -0.15) is 0 Å². The number of nitrogens with zero attached hydrogens (tertiary/aromatic N) is 1. The molecular formula is C21H23NO3. The fourth-order valence-corrected chi connectivity index (χ4v) is 2.97. The first-order chi connectivity index (χ1) is 11.9. The molecule has 1 amide bonds. The summed E-state index contributed by atoms with van der Waals surface area (Å²) in [5.74, 6) is -0.192. The molecule has 0 bridgehead atoms. The predicted molar refractivity (Wildman–Crippen MR) is 96.3 cm³/mol. The minimum Gasteiger partial charge on any atom is -0.426 e. The van der Waals surface area contributed by atoms with E-state index in [0.717, 1.165) is 16.7 Å². The van der Waals surface area contributed by atoms with E-state index in [2.05, 4.69) is 0 Å². The van der Waals surface area contributed by atoms with Gasteiger partial charge in [-0.3, -0.25) is 9.59 Å². The second-order valence-corrected chi connectivity index (χ2v) is 6.83. The van der Waals surface area contributed by atoms with E-state index >= 15 is 0 Å². The average molecular weight is 337 g/mol. The van der Waals surface area contributed by atoms with Crippen molar-refractivity contribution >= 4 is 11.9 Å². The molecule has 25 heavy (non-hydrogen) atoms. The Kier molecular flexibility index (Phi) is 4.88. The van der Waals surface area contributed by atoms with E-state index in [1.54, 1.807) is 11.0 Å². The van der Waals surface area contributed by atoms with Gasteiger partial charge in [-0.1, -0.05) is 35.9 Å². The molecule has 0 spiro atoms. The fraction of sp³-hybridized carbons (Fsp3) is 0.333. The number of aryl methyl sites for hydroxylation is 3. The largest absolute Gasteiger partial charge is 0.426 e. The number of esters is 1. The third-order valence-corrected chi connectivity index (χ3v) is 4.74. The molecule has 1 aliphatic heterocycles. The van der Waals surface area contributed by atoms with Crippen molar-refractivity contribution in [1.29, 1.82) is 0 Å². The van der Waals surface area contributed by atoms with Crippen molar-refractivity contribution in [3.8, 4) is 5.75 Å². The van der Waals surface area contributed by atoms with Crippen LogP contribution in [0.25, 0.3) is 0 Å². The molecule has 1 aliphatic rings. The van der Waals surface area contributed by atoms with Gasteiger partial charge in [0.1, 0.15) is 5.75 Å². The second-order valence-electron chi connectivity index (χ2n) is 6.83. The zero-order chi connectivity index (χ0) is 18.0. The molecule has 1 saturated heterocycles. The predicted octanol–water partition coefficient (Wildman–Crippen LogP) is 3.57. The molecule has 1 heterocycles. The SMILES string of the molecule is Cc1ccc(CN2C[C@H](C(=O)Oc3ccc(C)c(C)c3)CC2=O)cc1. The molecule has 1 atom stereocenters. The van der Waals surface area contributed by atoms with Crippen LogP contribution >= 0.6 is 0 Å². The monoisotopic (exact) mass is 337 g/mol. The molecule has 0 aliphatic carbocycles. The van der Waals surface area contributed by atoms with Crippen molar-refractivity contribution in [1.82, 2.24) is 4.90 Å². The highest BCUT2D eigenvalue weighted by molar-refractivity contribution is 5.87. The number of hydrogen-bond acceptors (Lipinski definition) is 3. The smallest absolute Gasteiger partial charge is 0.316 e. The molecule has 0 saturated carbocycles. The first-order valence-electron chi connectivity index (χ1n) is 8.54. The van der Waals surface area contributed by atoms with E-state index < -0.39 is 5.92 Å². The van der Waals surface area contributed by atoms with Gasteiger partial charge >= 0.3 is 5.97 Å². The molecule has 0 N–H and O–H groups in total. The van der Waals surface area contributed by atoms with Gasteiger partial charge in [0.15, 0.2) is 0 Å². The maximum atomic E-state index is 12.4. The summed E-state index contributed by atoms with van der Waals surface area (Å²) in [6.07, 6.45) is 0.218. The van der Waals surface area contributed by atoms with E-state index in [1.807, 2.05) is 57.2 Å². The summed E-state index contributed by atoms with van der Waals surface area (Å²) in [7, 11) is 0. The van der Waals surface area contributed by atoms with E-state index in [9.17, 15) is 9.59 Å². The Labute approximate surface area is 148 Å². The van der Waals surface area contributed by atoms with Gasteiger partial charge in [0, 0.05) is 19.5 Å². The van der Waals surface area contributed by atoms with Crippen LogP contribution in [0.15, 0.2) is 42.5 Å². The fourth-order valence-electron chi connectivity index (χ4n) is 2.97. The number of amides is 1. The van der Waals surface area contributed by atoms with Gasteiger partial charge in [0.25, 0.3) is 0 Å². The maximum absolute atomic E-state index is 12.4. The van der Waals surface area contributed by atoms with Crippen molar-refractivity contribution < 1.29 is 14.3 Å². The summed E-state index contributed by atoms with van der Waals surface area (Å²) in [4.78, 5) is 26.4. The Balaban J connectivity index is 1.62. The topological polar surface area (TPSA) is 46.6 Å². The van der Waals surface area contributed by atoms with E-state index in [4.69, 9.17) is 4.74 Å². The molecule has 130 valence electrons. The standard InChI is InChI=1S/C21H23NO3/c1-14-4-7-17(8-5-14)12-22-13-18(11-20(22)23)21(24)25-19-9-6-15(2)16(3)10-19/h4-10,18H,11-13H2,1-3H3/t18-/m1/s1. The molecule has 1 fully saturated rings. The molecule has 4 heteroatoms. The van der Waals surface area contributed by atoms with E-state index in [-0.39, 0.29) is 18.3 Å². The highest BCUT2D eigenvalue weighted by Gasteiger charge is 2.35. The number of hydrogen-bond donors (Lipinski definition) is 0. The van der Waals surface area contributed by atoms with Crippen molar-refractivity contribution in [3.63, 3.8) is 0 Å². The third kappa shape index (κ3) is 4.08. The Morgan fingerprint density at radius 1 is 1.08 bits per heavy atom. The Hall–Kier alpha value is -2.62. The lowest BCUT2D eigenvalue weighted by atomic mass is 10.1. The van der Waals surface area contributed by atoms with Gasteiger partial charge in [-0.25, -0.2) is 0 Å². The Morgan fingerprint density at radius 2 is 1.80 bits per heavy atom. The number of carbonyl (C=O) groups excluding carboxylic acids is 2. The molecule has 4 nitrogen and oxygen atoms in total. The summed E-state index contributed by atoms with van der Waals surface area (Å²) in [6.45, 7) is 6.97.